The highest BCUT2D eigenvalue weighted by Gasteiger charge is 2.14. The van der Waals surface area contributed by atoms with Gasteiger partial charge in [-0.05, 0) is 32.4 Å². The van der Waals surface area contributed by atoms with Gasteiger partial charge in [0.25, 0.3) is 5.91 Å². The van der Waals surface area contributed by atoms with Crippen LogP contribution in [-0.4, -0.2) is 17.6 Å². The molecule has 130 valence electrons. The second kappa shape index (κ2) is 9.52. The zero-order valence-electron chi connectivity index (χ0n) is 14.7. The number of amides is 1. The Kier molecular flexibility index (Phi) is 7.37. The van der Waals surface area contributed by atoms with Crippen LogP contribution in [0.1, 0.15) is 60.0 Å². The van der Waals surface area contributed by atoms with E-state index in [4.69, 9.17) is 4.52 Å². The number of rotatable bonds is 9. The molecule has 1 N–H and O–H groups in total. The van der Waals surface area contributed by atoms with E-state index in [9.17, 15) is 4.79 Å². The van der Waals surface area contributed by atoms with Gasteiger partial charge in [-0.1, -0.05) is 43.5 Å². The lowest BCUT2D eigenvalue weighted by molar-refractivity contribution is 0.0950. The molecule has 2 aromatic rings. The smallest absolute Gasteiger partial charge is 0.252 e. The van der Waals surface area contributed by atoms with Gasteiger partial charge in [-0.2, -0.15) is 0 Å². The van der Waals surface area contributed by atoms with E-state index in [1.807, 2.05) is 38.1 Å². The predicted octanol–water partition coefficient (Wildman–Crippen LogP) is 4.89. The normalized spacial score (nSPS) is 10.8. The Morgan fingerprint density at radius 2 is 2.00 bits per heavy atom. The van der Waals surface area contributed by atoms with Gasteiger partial charge in [0, 0.05) is 22.8 Å². The summed E-state index contributed by atoms with van der Waals surface area (Å²) >= 11 is 1.65. The molecular weight excluding hydrogens is 320 g/mol. The zero-order chi connectivity index (χ0) is 17.4. The van der Waals surface area contributed by atoms with Crippen LogP contribution in [0.15, 0.2) is 33.7 Å². The first-order chi connectivity index (χ1) is 11.6. The van der Waals surface area contributed by atoms with E-state index in [2.05, 4.69) is 17.4 Å². The van der Waals surface area contributed by atoms with Gasteiger partial charge in [0.05, 0.1) is 11.3 Å². The Hall–Kier alpha value is -1.75. The van der Waals surface area contributed by atoms with Crippen molar-refractivity contribution < 1.29 is 9.32 Å². The number of hydrogen-bond acceptors (Lipinski definition) is 4. The summed E-state index contributed by atoms with van der Waals surface area (Å²) in [4.78, 5) is 13.4. The second-order valence-corrected chi connectivity index (χ2v) is 6.92. The molecule has 0 unspecified atom stereocenters. The maximum Gasteiger partial charge on any atom is 0.252 e. The first-order valence-corrected chi connectivity index (χ1v) is 9.53. The molecule has 0 fully saturated rings. The number of unbranched alkanes of at least 4 members (excludes halogenated alkanes) is 3. The summed E-state index contributed by atoms with van der Waals surface area (Å²) in [5, 5.41) is 7.01. The minimum absolute atomic E-state index is 0.00774. The van der Waals surface area contributed by atoms with E-state index in [0.717, 1.165) is 46.2 Å². The summed E-state index contributed by atoms with van der Waals surface area (Å²) < 4.78 is 5.20. The van der Waals surface area contributed by atoms with Crippen LogP contribution in [0.3, 0.4) is 0 Å². The summed E-state index contributed by atoms with van der Waals surface area (Å²) in [6.45, 7) is 6.79. The Morgan fingerprint density at radius 1 is 1.21 bits per heavy atom. The lowest BCUT2D eigenvalue weighted by Gasteiger charge is -2.10. The number of aryl methyl sites for hydroxylation is 2. The van der Waals surface area contributed by atoms with Gasteiger partial charge in [-0.15, -0.1) is 11.8 Å². The molecule has 0 saturated carbocycles. The number of nitrogens with one attached hydrogen (secondary N) is 1. The van der Waals surface area contributed by atoms with Crippen molar-refractivity contribution in [1.29, 1.82) is 0 Å². The topological polar surface area (TPSA) is 55.1 Å². The SMILES string of the molecule is CCCCCCNC(=O)c1ccccc1SCc1c(C)noc1C. The highest BCUT2D eigenvalue weighted by Crippen LogP contribution is 2.28. The average molecular weight is 346 g/mol. The van der Waals surface area contributed by atoms with Gasteiger partial charge in [-0.3, -0.25) is 4.79 Å². The van der Waals surface area contributed by atoms with E-state index in [1.165, 1.54) is 19.3 Å². The van der Waals surface area contributed by atoms with E-state index in [-0.39, 0.29) is 5.91 Å². The standard InChI is InChI=1S/C19H26N2O2S/c1-4-5-6-9-12-20-19(22)16-10-7-8-11-18(16)24-13-17-14(2)21-23-15(17)3/h7-8,10-11H,4-6,9,12-13H2,1-3H3,(H,20,22). The van der Waals surface area contributed by atoms with Crippen LogP contribution in [0, 0.1) is 13.8 Å². The van der Waals surface area contributed by atoms with Crippen molar-refractivity contribution >= 4 is 17.7 Å². The van der Waals surface area contributed by atoms with Crippen LogP contribution in [0.5, 0.6) is 0 Å². The minimum atomic E-state index is 0.00774. The van der Waals surface area contributed by atoms with Crippen molar-refractivity contribution in [2.24, 2.45) is 0 Å². The monoisotopic (exact) mass is 346 g/mol. The molecule has 0 spiro atoms. The molecule has 0 saturated heterocycles. The fourth-order valence-corrected chi connectivity index (χ4v) is 3.69. The summed E-state index contributed by atoms with van der Waals surface area (Å²) in [5.74, 6) is 1.60. The second-order valence-electron chi connectivity index (χ2n) is 5.90. The number of hydrogen-bond donors (Lipinski definition) is 1. The van der Waals surface area contributed by atoms with Gasteiger partial charge in [0.15, 0.2) is 0 Å². The summed E-state index contributed by atoms with van der Waals surface area (Å²) in [6.07, 6.45) is 4.63. The molecule has 1 aromatic carbocycles. The predicted molar refractivity (Wildman–Crippen MR) is 98.5 cm³/mol. The number of thioether (sulfide) groups is 1. The third kappa shape index (κ3) is 5.13. The number of benzene rings is 1. The Balaban J connectivity index is 1.95. The van der Waals surface area contributed by atoms with Gasteiger partial charge in [0.2, 0.25) is 0 Å². The van der Waals surface area contributed by atoms with Gasteiger partial charge in [0.1, 0.15) is 5.76 Å². The molecule has 0 atom stereocenters. The van der Waals surface area contributed by atoms with Crippen LogP contribution in [-0.2, 0) is 5.75 Å². The van der Waals surface area contributed by atoms with E-state index < -0.39 is 0 Å². The average Bonchev–Trinajstić information content (AvgIpc) is 2.91. The Morgan fingerprint density at radius 3 is 2.71 bits per heavy atom. The van der Waals surface area contributed by atoms with Crippen LogP contribution >= 0.6 is 11.8 Å². The number of carbonyl (C=O) groups excluding carboxylic acids is 1. The quantitative estimate of drug-likeness (QED) is 0.518. The van der Waals surface area contributed by atoms with Gasteiger partial charge < -0.3 is 9.84 Å². The third-order valence-corrected chi connectivity index (χ3v) is 5.10. The van der Waals surface area contributed by atoms with Crippen LogP contribution < -0.4 is 5.32 Å². The Bertz CT molecular complexity index is 648. The molecule has 0 aliphatic rings. The molecule has 2 rings (SSSR count). The van der Waals surface area contributed by atoms with Crippen molar-refractivity contribution in [2.75, 3.05) is 6.54 Å². The lowest BCUT2D eigenvalue weighted by Crippen LogP contribution is -2.24. The maximum absolute atomic E-state index is 12.4. The van der Waals surface area contributed by atoms with E-state index >= 15 is 0 Å². The van der Waals surface area contributed by atoms with Crippen molar-refractivity contribution in [1.82, 2.24) is 10.5 Å². The first kappa shape index (κ1) is 18.6. The van der Waals surface area contributed by atoms with Gasteiger partial charge >= 0.3 is 0 Å². The molecule has 0 aliphatic heterocycles. The molecule has 0 aliphatic carbocycles. The van der Waals surface area contributed by atoms with Crippen molar-refractivity contribution in [3.8, 4) is 0 Å². The summed E-state index contributed by atoms with van der Waals surface area (Å²) in [6, 6.07) is 7.76. The molecule has 1 aromatic heterocycles. The minimum Gasteiger partial charge on any atom is -0.361 e. The van der Waals surface area contributed by atoms with E-state index in [1.54, 1.807) is 11.8 Å². The fraction of sp³-hybridized carbons (Fsp3) is 0.474. The van der Waals surface area contributed by atoms with Crippen molar-refractivity contribution in [3.05, 3.63) is 46.8 Å². The van der Waals surface area contributed by atoms with Crippen molar-refractivity contribution in [3.63, 3.8) is 0 Å². The molecule has 0 bridgehead atoms. The highest BCUT2D eigenvalue weighted by atomic mass is 32.2. The van der Waals surface area contributed by atoms with E-state index in [0.29, 0.717) is 0 Å². The van der Waals surface area contributed by atoms with Crippen molar-refractivity contribution in [2.45, 2.75) is 57.1 Å². The third-order valence-electron chi connectivity index (χ3n) is 4.00. The number of nitrogens with zero attached hydrogens (tertiary/aromatic N) is 1. The first-order valence-electron chi connectivity index (χ1n) is 8.55. The highest BCUT2D eigenvalue weighted by molar-refractivity contribution is 7.98. The van der Waals surface area contributed by atoms with Gasteiger partial charge in [-0.25, -0.2) is 0 Å². The van der Waals surface area contributed by atoms with Crippen LogP contribution in [0.2, 0.25) is 0 Å². The number of aromatic nitrogens is 1. The molecule has 5 heteroatoms. The molecule has 1 amide bonds. The van der Waals surface area contributed by atoms with Crippen LogP contribution in [0.4, 0.5) is 0 Å². The van der Waals surface area contributed by atoms with Crippen LogP contribution in [0.25, 0.3) is 0 Å². The molecule has 4 nitrogen and oxygen atoms in total. The molecule has 0 radical (unpaired) electrons. The Labute approximate surface area is 148 Å². The maximum atomic E-state index is 12.4. The lowest BCUT2D eigenvalue weighted by atomic mass is 10.2. The molecule has 1 heterocycles. The zero-order valence-corrected chi connectivity index (χ0v) is 15.5. The fourth-order valence-electron chi connectivity index (χ4n) is 2.49. The summed E-state index contributed by atoms with van der Waals surface area (Å²) in [7, 11) is 0. The largest absolute Gasteiger partial charge is 0.361 e. The summed E-state index contributed by atoms with van der Waals surface area (Å²) in [5.41, 5.74) is 2.76. The molecule has 24 heavy (non-hydrogen) atoms. The number of carbonyl (C=O) groups is 1. The molecular formula is C19H26N2O2S.